The molecule has 1 aromatic carbocycles. The van der Waals surface area contributed by atoms with Gasteiger partial charge in [-0.25, -0.2) is 0 Å². The van der Waals surface area contributed by atoms with Crippen molar-refractivity contribution >= 4 is 23.5 Å². The first-order valence-electron chi connectivity index (χ1n) is 6.16. The summed E-state index contributed by atoms with van der Waals surface area (Å²) < 4.78 is 6.75. The highest BCUT2D eigenvalue weighted by Crippen LogP contribution is 2.21. The molecule has 20 heavy (non-hydrogen) atoms. The highest BCUT2D eigenvalue weighted by Gasteiger charge is 2.07. The first kappa shape index (κ1) is 14.5. The molecule has 1 N–H and O–H groups in total. The van der Waals surface area contributed by atoms with Crippen LogP contribution in [0.5, 0.6) is 5.75 Å². The van der Waals surface area contributed by atoms with E-state index in [1.54, 1.807) is 18.8 Å². The zero-order chi connectivity index (χ0) is 14.5. The van der Waals surface area contributed by atoms with E-state index in [9.17, 15) is 4.79 Å². The molecule has 0 aliphatic rings. The van der Waals surface area contributed by atoms with Crippen molar-refractivity contribution < 1.29 is 9.53 Å². The van der Waals surface area contributed by atoms with Gasteiger partial charge >= 0.3 is 0 Å². The summed E-state index contributed by atoms with van der Waals surface area (Å²) >= 11 is 1.48. The highest BCUT2D eigenvalue weighted by atomic mass is 32.2. The van der Waals surface area contributed by atoms with Crippen LogP contribution in [-0.4, -0.2) is 28.6 Å². The Morgan fingerprint density at radius 3 is 2.65 bits per heavy atom. The van der Waals surface area contributed by atoms with Crippen molar-refractivity contribution in [2.45, 2.75) is 11.8 Å². The van der Waals surface area contributed by atoms with Gasteiger partial charge in [0.15, 0.2) is 0 Å². The lowest BCUT2D eigenvalue weighted by Crippen LogP contribution is -2.16. The van der Waals surface area contributed by atoms with Gasteiger partial charge in [-0.05, 0) is 31.2 Å². The van der Waals surface area contributed by atoms with Crippen molar-refractivity contribution in [2.24, 2.45) is 7.05 Å². The van der Waals surface area contributed by atoms with E-state index >= 15 is 0 Å². The Hall–Kier alpha value is -1.95. The number of aryl methyl sites for hydroxylation is 2. The largest absolute Gasteiger partial charge is 0.497 e. The molecule has 0 fully saturated rings. The van der Waals surface area contributed by atoms with Crippen LogP contribution >= 0.6 is 11.8 Å². The number of anilines is 1. The van der Waals surface area contributed by atoms with Crippen LogP contribution in [0.25, 0.3) is 0 Å². The van der Waals surface area contributed by atoms with Crippen molar-refractivity contribution in [1.29, 1.82) is 0 Å². The third-order valence-corrected chi connectivity index (χ3v) is 3.71. The number of hydrogen-bond acceptors (Lipinski definition) is 4. The predicted molar refractivity (Wildman–Crippen MR) is 80.3 cm³/mol. The maximum atomic E-state index is 11.9. The standard InChI is InChI=1S/C14H17N3O2S/c1-10-8-13(17(2)16-10)15-14(18)9-20-12-6-4-11(19-3)5-7-12/h4-8H,9H2,1-3H3,(H,15,18). The number of thioether (sulfide) groups is 1. The number of aromatic nitrogens is 2. The van der Waals surface area contributed by atoms with Gasteiger partial charge in [0.1, 0.15) is 11.6 Å². The second-order valence-corrected chi connectivity index (χ2v) is 5.36. The minimum Gasteiger partial charge on any atom is -0.497 e. The molecule has 0 saturated heterocycles. The lowest BCUT2D eigenvalue weighted by Gasteiger charge is -2.05. The summed E-state index contributed by atoms with van der Waals surface area (Å²) in [7, 11) is 3.44. The van der Waals surface area contributed by atoms with Crippen LogP contribution < -0.4 is 10.1 Å². The van der Waals surface area contributed by atoms with Crippen molar-refractivity contribution in [1.82, 2.24) is 9.78 Å². The van der Waals surface area contributed by atoms with Crippen molar-refractivity contribution in [2.75, 3.05) is 18.2 Å². The number of nitrogens with one attached hydrogen (secondary N) is 1. The maximum absolute atomic E-state index is 11.9. The number of carbonyl (C=O) groups is 1. The number of methoxy groups -OCH3 is 1. The summed E-state index contributed by atoms with van der Waals surface area (Å²) in [6.07, 6.45) is 0. The molecule has 0 aliphatic heterocycles. The van der Waals surface area contributed by atoms with E-state index in [4.69, 9.17) is 4.74 Å². The van der Waals surface area contributed by atoms with Gasteiger partial charge in [0, 0.05) is 18.0 Å². The number of benzene rings is 1. The number of ether oxygens (including phenoxy) is 1. The average Bonchev–Trinajstić information content (AvgIpc) is 2.75. The predicted octanol–water partition coefficient (Wildman–Crippen LogP) is 2.47. The summed E-state index contributed by atoms with van der Waals surface area (Å²) in [6.45, 7) is 1.89. The third-order valence-electron chi connectivity index (χ3n) is 2.70. The monoisotopic (exact) mass is 291 g/mol. The Labute approximate surface area is 122 Å². The quantitative estimate of drug-likeness (QED) is 0.860. The van der Waals surface area contributed by atoms with Crippen LogP contribution in [-0.2, 0) is 11.8 Å². The van der Waals surface area contributed by atoms with Gasteiger partial charge < -0.3 is 10.1 Å². The molecule has 0 radical (unpaired) electrons. The molecular weight excluding hydrogens is 274 g/mol. The summed E-state index contributed by atoms with van der Waals surface area (Å²) in [6, 6.07) is 9.47. The maximum Gasteiger partial charge on any atom is 0.235 e. The van der Waals surface area contributed by atoms with E-state index in [0.29, 0.717) is 11.6 Å². The van der Waals surface area contributed by atoms with Crippen LogP contribution in [0.4, 0.5) is 5.82 Å². The van der Waals surface area contributed by atoms with E-state index in [2.05, 4.69) is 10.4 Å². The van der Waals surface area contributed by atoms with Crippen LogP contribution in [0.15, 0.2) is 35.2 Å². The van der Waals surface area contributed by atoms with Crippen molar-refractivity contribution in [3.05, 3.63) is 36.0 Å². The highest BCUT2D eigenvalue weighted by molar-refractivity contribution is 8.00. The summed E-state index contributed by atoms with van der Waals surface area (Å²) in [5.41, 5.74) is 0.880. The van der Waals surface area contributed by atoms with Gasteiger partial charge in [0.2, 0.25) is 5.91 Å². The van der Waals surface area contributed by atoms with E-state index < -0.39 is 0 Å². The number of carbonyl (C=O) groups excluding carboxylic acids is 1. The summed E-state index contributed by atoms with van der Waals surface area (Å²) in [5, 5.41) is 7.02. The van der Waals surface area contributed by atoms with Crippen LogP contribution in [0.3, 0.4) is 0 Å². The Balaban J connectivity index is 1.87. The zero-order valence-electron chi connectivity index (χ0n) is 11.7. The molecule has 6 heteroatoms. The Morgan fingerprint density at radius 2 is 2.10 bits per heavy atom. The molecule has 0 saturated carbocycles. The normalized spacial score (nSPS) is 10.3. The topological polar surface area (TPSA) is 56.1 Å². The smallest absolute Gasteiger partial charge is 0.235 e. The second kappa shape index (κ2) is 6.47. The van der Waals surface area contributed by atoms with E-state index in [1.165, 1.54) is 11.8 Å². The van der Waals surface area contributed by atoms with E-state index in [-0.39, 0.29) is 5.91 Å². The molecule has 0 spiro atoms. The first-order chi connectivity index (χ1) is 9.58. The lowest BCUT2D eigenvalue weighted by atomic mass is 10.3. The lowest BCUT2D eigenvalue weighted by molar-refractivity contribution is -0.113. The van der Waals surface area contributed by atoms with Gasteiger partial charge in [-0.2, -0.15) is 5.10 Å². The van der Waals surface area contributed by atoms with Gasteiger partial charge in [-0.15, -0.1) is 11.8 Å². The second-order valence-electron chi connectivity index (χ2n) is 4.31. The molecule has 1 heterocycles. The molecule has 1 aromatic heterocycles. The number of hydrogen-bond donors (Lipinski definition) is 1. The van der Waals surface area contributed by atoms with E-state index in [1.807, 2.05) is 37.3 Å². The molecular formula is C14H17N3O2S. The van der Waals surface area contributed by atoms with Gasteiger partial charge in [0.25, 0.3) is 0 Å². The molecule has 2 aromatic rings. The fourth-order valence-electron chi connectivity index (χ4n) is 1.73. The minimum absolute atomic E-state index is 0.0474. The molecule has 0 unspecified atom stereocenters. The number of rotatable bonds is 5. The Morgan fingerprint density at radius 1 is 1.40 bits per heavy atom. The Kier molecular flexibility index (Phi) is 4.68. The fourth-order valence-corrected chi connectivity index (χ4v) is 2.43. The zero-order valence-corrected chi connectivity index (χ0v) is 12.5. The molecule has 1 amide bonds. The minimum atomic E-state index is -0.0474. The first-order valence-corrected chi connectivity index (χ1v) is 7.14. The fraction of sp³-hybridized carbons (Fsp3) is 0.286. The summed E-state index contributed by atoms with van der Waals surface area (Å²) in [5.74, 6) is 1.83. The number of amides is 1. The van der Waals surface area contributed by atoms with Crippen LogP contribution in [0.1, 0.15) is 5.69 Å². The van der Waals surface area contributed by atoms with E-state index in [0.717, 1.165) is 16.3 Å². The number of nitrogens with zero attached hydrogens (tertiary/aromatic N) is 2. The molecule has 5 nitrogen and oxygen atoms in total. The SMILES string of the molecule is COc1ccc(SCC(=O)Nc2cc(C)nn2C)cc1. The van der Waals surface area contributed by atoms with Crippen LogP contribution in [0.2, 0.25) is 0 Å². The third kappa shape index (κ3) is 3.77. The Bertz CT molecular complexity index is 593. The van der Waals surface area contributed by atoms with Gasteiger partial charge in [-0.1, -0.05) is 0 Å². The average molecular weight is 291 g/mol. The van der Waals surface area contributed by atoms with Crippen molar-refractivity contribution in [3.8, 4) is 5.75 Å². The molecule has 0 bridgehead atoms. The molecule has 0 atom stereocenters. The van der Waals surface area contributed by atoms with Crippen molar-refractivity contribution in [3.63, 3.8) is 0 Å². The molecule has 106 valence electrons. The summed E-state index contributed by atoms with van der Waals surface area (Å²) in [4.78, 5) is 12.9. The molecule has 2 rings (SSSR count). The van der Waals surface area contributed by atoms with Crippen LogP contribution in [0, 0.1) is 6.92 Å². The van der Waals surface area contributed by atoms with Gasteiger partial charge in [-0.3, -0.25) is 9.48 Å². The van der Waals surface area contributed by atoms with Gasteiger partial charge in [0.05, 0.1) is 18.6 Å². The molecule has 0 aliphatic carbocycles.